The first-order chi connectivity index (χ1) is 19.1. The number of aryl methyl sites for hydroxylation is 2. The number of hydrogen-bond acceptors (Lipinski definition) is 10. The molecular formula is C29H30N2O8S. The maximum absolute atomic E-state index is 13.5. The lowest BCUT2D eigenvalue weighted by molar-refractivity contribution is -0.132. The normalized spacial score (nSPS) is 16.3. The molecule has 2 N–H and O–H groups in total. The van der Waals surface area contributed by atoms with Crippen LogP contribution in [0.1, 0.15) is 58.9 Å². The largest absolute Gasteiger partial charge is 0.507 e. The molecule has 1 atom stereocenters. The van der Waals surface area contributed by atoms with E-state index in [-0.39, 0.29) is 46.1 Å². The average Bonchev–Trinajstić information content (AvgIpc) is 3.42. The summed E-state index contributed by atoms with van der Waals surface area (Å²) in [6, 6.07) is 8.31. The quantitative estimate of drug-likeness (QED) is 0.158. The Kier molecular flexibility index (Phi) is 8.43. The number of aromatic nitrogens is 1. The Bertz CT molecular complexity index is 1510. The van der Waals surface area contributed by atoms with Gasteiger partial charge in [-0.2, -0.15) is 0 Å². The van der Waals surface area contributed by atoms with E-state index in [9.17, 15) is 24.6 Å². The maximum atomic E-state index is 13.5. The third kappa shape index (κ3) is 5.24. The van der Waals surface area contributed by atoms with Crippen molar-refractivity contribution in [3.8, 4) is 17.2 Å². The molecule has 210 valence electrons. The molecule has 0 radical (unpaired) electrons. The fourth-order valence-electron chi connectivity index (χ4n) is 4.49. The number of ketones is 1. The molecule has 2 heterocycles. The molecule has 0 unspecified atom stereocenters. The first-order valence-corrected chi connectivity index (χ1v) is 13.6. The summed E-state index contributed by atoms with van der Waals surface area (Å²) in [5.41, 5.74) is 1.52. The van der Waals surface area contributed by atoms with E-state index in [0.717, 1.165) is 16.2 Å². The third-order valence-electron chi connectivity index (χ3n) is 6.26. The lowest BCUT2D eigenvalue weighted by Gasteiger charge is -2.24. The number of benzene rings is 2. The van der Waals surface area contributed by atoms with Crippen molar-refractivity contribution in [3.05, 3.63) is 69.2 Å². The number of amides is 1. The van der Waals surface area contributed by atoms with Gasteiger partial charge in [0.15, 0.2) is 16.6 Å². The van der Waals surface area contributed by atoms with Crippen LogP contribution in [-0.2, 0) is 14.3 Å². The molecule has 0 aliphatic carbocycles. The molecule has 4 rings (SSSR count). The Morgan fingerprint density at radius 2 is 1.75 bits per heavy atom. The lowest BCUT2D eigenvalue weighted by Crippen LogP contribution is -2.29. The van der Waals surface area contributed by atoms with Gasteiger partial charge in [0.25, 0.3) is 5.78 Å². The van der Waals surface area contributed by atoms with Crippen LogP contribution in [-0.4, -0.2) is 52.7 Å². The zero-order valence-corrected chi connectivity index (χ0v) is 23.6. The van der Waals surface area contributed by atoms with Gasteiger partial charge in [0.05, 0.1) is 37.1 Å². The van der Waals surface area contributed by atoms with Gasteiger partial charge >= 0.3 is 11.9 Å². The number of aromatic hydroxyl groups is 1. The molecule has 10 nitrogen and oxygen atoms in total. The van der Waals surface area contributed by atoms with Crippen LogP contribution in [0.2, 0.25) is 0 Å². The molecule has 11 heteroatoms. The Labute approximate surface area is 235 Å². The predicted molar refractivity (Wildman–Crippen MR) is 149 cm³/mol. The highest BCUT2D eigenvalue weighted by Gasteiger charge is 2.48. The number of ether oxygens (including phenoxy) is 3. The van der Waals surface area contributed by atoms with Crippen molar-refractivity contribution in [3.63, 3.8) is 0 Å². The summed E-state index contributed by atoms with van der Waals surface area (Å²) in [5.74, 6) is -2.21. The zero-order valence-electron chi connectivity index (χ0n) is 22.8. The van der Waals surface area contributed by atoms with Crippen molar-refractivity contribution >= 4 is 39.9 Å². The topological polar surface area (TPSA) is 135 Å². The Hall–Kier alpha value is -4.38. The van der Waals surface area contributed by atoms with Gasteiger partial charge in [0.2, 0.25) is 0 Å². The highest BCUT2D eigenvalue weighted by atomic mass is 32.1. The van der Waals surface area contributed by atoms with Crippen LogP contribution in [0.4, 0.5) is 5.13 Å². The SMILES string of the molecule is CCOC(=O)c1sc(N2C(=O)C(=O)C(=C(O)c3ccc(OCC)cc3C)[C@@H]2c2ccc(O)c(OCC)c2)nc1C. The summed E-state index contributed by atoms with van der Waals surface area (Å²) in [5, 5.41) is 21.9. The molecule has 40 heavy (non-hydrogen) atoms. The predicted octanol–water partition coefficient (Wildman–Crippen LogP) is 5.07. The van der Waals surface area contributed by atoms with E-state index < -0.39 is 23.7 Å². The molecule has 1 aromatic heterocycles. The number of anilines is 1. The summed E-state index contributed by atoms with van der Waals surface area (Å²) in [7, 11) is 0. The van der Waals surface area contributed by atoms with Crippen molar-refractivity contribution < 1.29 is 38.8 Å². The number of thiazole rings is 1. The third-order valence-corrected chi connectivity index (χ3v) is 7.40. The molecule has 1 aliphatic heterocycles. The number of phenols is 1. The van der Waals surface area contributed by atoms with E-state index in [1.165, 1.54) is 18.2 Å². The maximum Gasteiger partial charge on any atom is 0.350 e. The van der Waals surface area contributed by atoms with Gasteiger partial charge in [-0.25, -0.2) is 9.78 Å². The van der Waals surface area contributed by atoms with E-state index >= 15 is 0 Å². The number of Topliss-reactive ketones (excluding diaryl/α,β-unsaturated/α-hetero) is 1. The summed E-state index contributed by atoms with van der Waals surface area (Å²) in [6.07, 6.45) is 0. The van der Waals surface area contributed by atoms with Crippen molar-refractivity contribution in [2.75, 3.05) is 24.7 Å². The van der Waals surface area contributed by atoms with Crippen LogP contribution in [0, 0.1) is 13.8 Å². The molecule has 1 saturated heterocycles. The molecular weight excluding hydrogens is 536 g/mol. The second kappa shape index (κ2) is 11.8. The van der Waals surface area contributed by atoms with Gasteiger partial charge in [-0.3, -0.25) is 14.5 Å². The number of esters is 1. The van der Waals surface area contributed by atoms with E-state index in [1.807, 2.05) is 6.92 Å². The van der Waals surface area contributed by atoms with Crippen LogP contribution in [0.5, 0.6) is 17.2 Å². The highest BCUT2D eigenvalue weighted by molar-refractivity contribution is 7.17. The fourth-order valence-corrected chi connectivity index (χ4v) is 5.48. The number of carbonyl (C=O) groups is 3. The summed E-state index contributed by atoms with van der Waals surface area (Å²) < 4.78 is 16.2. The molecule has 1 aliphatic rings. The van der Waals surface area contributed by atoms with Gasteiger partial charge < -0.3 is 24.4 Å². The van der Waals surface area contributed by atoms with E-state index in [4.69, 9.17) is 14.2 Å². The van der Waals surface area contributed by atoms with Crippen LogP contribution < -0.4 is 14.4 Å². The van der Waals surface area contributed by atoms with Crippen molar-refractivity contribution in [2.24, 2.45) is 0 Å². The molecule has 1 fully saturated rings. The smallest absolute Gasteiger partial charge is 0.350 e. The summed E-state index contributed by atoms with van der Waals surface area (Å²) in [4.78, 5) is 45.3. The summed E-state index contributed by atoms with van der Waals surface area (Å²) >= 11 is 0.913. The lowest BCUT2D eigenvalue weighted by atomic mass is 9.93. The molecule has 0 bridgehead atoms. The van der Waals surface area contributed by atoms with E-state index in [2.05, 4.69) is 4.98 Å². The van der Waals surface area contributed by atoms with Gasteiger partial charge in [-0.15, -0.1) is 0 Å². The number of hydrogen-bond donors (Lipinski definition) is 2. The minimum Gasteiger partial charge on any atom is -0.507 e. The van der Waals surface area contributed by atoms with E-state index in [0.29, 0.717) is 34.7 Å². The van der Waals surface area contributed by atoms with Gasteiger partial charge in [0.1, 0.15) is 16.4 Å². The number of nitrogens with zero attached hydrogens (tertiary/aromatic N) is 2. The fraction of sp³-hybridized carbons (Fsp3) is 0.310. The first-order valence-electron chi connectivity index (χ1n) is 12.8. The number of aliphatic hydroxyl groups is 1. The number of carbonyl (C=O) groups excluding carboxylic acids is 3. The minimum absolute atomic E-state index is 0.0844. The van der Waals surface area contributed by atoms with Gasteiger partial charge in [0, 0.05) is 5.56 Å². The number of aliphatic hydroxyl groups excluding tert-OH is 1. The second-order valence-corrected chi connectivity index (χ2v) is 9.85. The monoisotopic (exact) mass is 566 g/mol. The molecule has 2 aromatic carbocycles. The minimum atomic E-state index is -1.13. The van der Waals surface area contributed by atoms with Crippen molar-refractivity contribution in [1.82, 2.24) is 4.98 Å². The van der Waals surface area contributed by atoms with Crippen molar-refractivity contribution in [2.45, 2.75) is 40.7 Å². The number of phenolic OH excluding ortho intramolecular Hbond substituents is 1. The number of rotatable bonds is 9. The second-order valence-electron chi connectivity index (χ2n) is 8.87. The van der Waals surface area contributed by atoms with E-state index in [1.54, 1.807) is 45.9 Å². The Morgan fingerprint density at radius 1 is 1.02 bits per heavy atom. The van der Waals surface area contributed by atoms with Gasteiger partial charge in [-0.1, -0.05) is 17.4 Å². The molecule has 3 aromatic rings. The van der Waals surface area contributed by atoms with Crippen molar-refractivity contribution in [1.29, 1.82) is 0 Å². The standard InChI is InChI=1S/C29H30N2O8S/c1-6-37-18-10-11-19(15(4)13-18)24(33)22-23(17-9-12-20(32)21(14-17)38-7-2)31(27(35)25(22)34)29-30-16(5)26(40-29)28(36)39-8-3/h9-14,23,32-33H,6-8H2,1-5H3/t23-/m0/s1. The Morgan fingerprint density at radius 3 is 2.40 bits per heavy atom. The average molecular weight is 567 g/mol. The van der Waals surface area contributed by atoms with Gasteiger partial charge in [-0.05, 0) is 76.1 Å². The summed E-state index contributed by atoms with van der Waals surface area (Å²) in [6.45, 7) is 9.52. The van der Waals surface area contributed by atoms with Crippen LogP contribution in [0.15, 0.2) is 42.0 Å². The first kappa shape index (κ1) is 28.6. The molecule has 0 saturated carbocycles. The molecule has 1 amide bonds. The zero-order chi connectivity index (χ0) is 29.1. The van der Waals surface area contributed by atoms with Crippen LogP contribution in [0.25, 0.3) is 5.76 Å². The van der Waals surface area contributed by atoms with Crippen LogP contribution >= 0.6 is 11.3 Å². The highest BCUT2D eigenvalue weighted by Crippen LogP contribution is 2.45. The Balaban J connectivity index is 1.94. The van der Waals surface area contributed by atoms with Crippen LogP contribution in [0.3, 0.4) is 0 Å². The molecule has 0 spiro atoms.